The Hall–Kier alpha value is -4.32. The van der Waals surface area contributed by atoms with E-state index in [0.29, 0.717) is 12.2 Å². The van der Waals surface area contributed by atoms with Gasteiger partial charge in [-0.2, -0.15) is 0 Å². The molecule has 0 aliphatic heterocycles. The van der Waals surface area contributed by atoms with Crippen LogP contribution in [0.1, 0.15) is 17.4 Å². The number of carbonyl (C=O) groups excluding carboxylic acids is 1. The van der Waals surface area contributed by atoms with Crippen LogP contribution in [0.4, 0.5) is 10.5 Å². The topological polar surface area (TPSA) is 90.8 Å². The average molecular weight is 422 g/mol. The fourth-order valence-electron chi connectivity index (χ4n) is 4.13. The highest BCUT2D eigenvalue weighted by atomic mass is 16.2. The highest BCUT2D eigenvalue weighted by molar-refractivity contribution is 5.92. The third kappa shape index (κ3) is 3.74. The number of aromatic nitrogens is 3. The lowest BCUT2D eigenvalue weighted by Gasteiger charge is -2.29. The molecule has 1 atom stereocenters. The van der Waals surface area contributed by atoms with Crippen LogP contribution in [0.3, 0.4) is 0 Å². The van der Waals surface area contributed by atoms with Gasteiger partial charge in [-0.3, -0.25) is 4.90 Å². The van der Waals surface area contributed by atoms with Crippen LogP contribution in [-0.4, -0.2) is 21.0 Å². The van der Waals surface area contributed by atoms with Crippen LogP contribution < -0.4 is 10.6 Å². The van der Waals surface area contributed by atoms with Crippen molar-refractivity contribution in [3.63, 3.8) is 0 Å². The molecule has 0 saturated heterocycles. The lowest BCUT2D eigenvalue weighted by Crippen LogP contribution is -2.40. The number of carbonyl (C=O) groups is 1. The molecule has 0 fully saturated rings. The third-order valence-electron chi connectivity index (χ3n) is 5.65. The van der Waals surface area contributed by atoms with Crippen molar-refractivity contribution in [1.29, 1.82) is 0 Å². The number of hydrogen-bond donors (Lipinski definition) is 3. The van der Waals surface area contributed by atoms with Crippen molar-refractivity contribution < 1.29 is 4.79 Å². The molecule has 0 aliphatic carbocycles. The van der Waals surface area contributed by atoms with Crippen LogP contribution >= 0.6 is 0 Å². The Morgan fingerprint density at radius 1 is 0.875 bits per heavy atom. The van der Waals surface area contributed by atoms with Gasteiger partial charge in [0.15, 0.2) is 0 Å². The zero-order valence-corrected chi connectivity index (χ0v) is 17.4. The van der Waals surface area contributed by atoms with E-state index in [9.17, 15) is 4.79 Å². The standard InChI is InChI=1S/C26H23N5O/c27-26(32)31(20-11-5-2-6-12-20)24(15-19-16-28-22-14-8-7-13-21(19)22)25-29-17-23(30-25)18-9-3-1-4-10-18/h1-14,16-17,24,28H,15H2,(H2,27,32)(H,29,30). The number of imidazole rings is 1. The van der Waals surface area contributed by atoms with Gasteiger partial charge >= 0.3 is 6.03 Å². The Balaban J connectivity index is 1.60. The predicted molar refractivity (Wildman–Crippen MR) is 127 cm³/mol. The summed E-state index contributed by atoms with van der Waals surface area (Å²) in [7, 11) is 0. The minimum atomic E-state index is -0.529. The molecule has 3 aromatic carbocycles. The number of aromatic amines is 2. The maximum absolute atomic E-state index is 12.7. The summed E-state index contributed by atoms with van der Waals surface area (Å²) in [6.45, 7) is 0. The smallest absolute Gasteiger partial charge is 0.319 e. The van der Waals surface area contributed by atoms with Gasteiger partial charge in [0.1, 0.15) is 11.9 Å². The summed E-state index contributed by atoms with van der Waals surface area (Å²) in [5.41, 5.74) is 10.6. The largest absolute Gasteiger partial charge is 0.361 e. The minimum absolute atomic E-state index is 0.411. The van der Waals surface area contributed by atoms with Crippen LogP contribution in [-0.2, 0) is 6.42 Å². The molecule has 6 heteroatoms. The SMILES string of the molecule is NC(=O)N(c1ccccc1)C(Cc1c[nH]c2ccccc12)c1nc(-c2ccccc2)c[nH]1. The first-order chi connectivity index (χ1) is 15.7. The van der Waals surface area contributed by atoms with Crippen molar-refractivity contribution in [3.05, 3.63) is 109 Å². The van der Waals surface area contributed by atoms with E-state index < -0.39 is 12.1 Å². The first kappa shape index (κ1) is 19.6. The van der Waals surface area contributed by atoms with E-state index in [0.717, 1.165) is 33.4 Å². The first-order valence-electron chi connectivity index (χ1n) is 10.5. The van der Waals surface area contributed by atoms with Crippen molar-refractivity contribution in [2.75, 3.05) is 4.90 Å². The molecule has 2 aromatic heterocycles. The number of hydrogen-bond acceptors (Lipinski definition) is 2. The average Bonchev–Trinajstić information content (AvgIpc) is 3.48. The Kier molecular flexibility index (Phi) is 5.17. The zero-order valence-electron chi connectivity index (χ0n) is 17.4. The molecule has 6 nitrogen and oxygen atoms in total. The number of amides is 2. The second kappa shape index (κ2) is 8.43. The number of fused-ring (bicyclic) bond motifs is 1. The highest BCUT2D eigenvalue weighted by Crippen LogP contribution is 2.32. The van der Waals surface area contributed by atoms with E-state index in [4.69, 9.17) is 10.7 Å². The molecule has 32 heavy (non-hydrogen) atoms. The summed E-state index contributed by atoms with van der Waals surface area (Å²) in [4.78, 5) is 25.8. The number of nitrogens with zero attached hydrogens (tertiary/aromatic N) is 2. The van der Waals surface area contributed by atoms with E-state index in [-0.39, 0.29) is 0 Å². The summed E-state index contributed by atoms with van der Waals surface area (Å²) < 4.78 is 0. The van der Waals surface area contributed by atoms with E-state index in [1.807, 2.05) is 91.3 Å². The third-order valence-corrected chi connectivity index (χ3v) is 5.65. The lowest BCUT2D eigenvalue weighted by molar-refractivity contribution is 0.251. The molecule has 0 aliphatic rings. The monoisotopic (exact) mass is 421 g/mol. The second-order valence-corrected chi connectivity index (χ2v) is 7.66. The van der Waals surface area contributed by atoms with E-state index >= 15 is 0 Å². The number of urea groups is 1. The molecular formula is C26H23N5O. The molecule has 1 unspecified atom stereocenters. The molecule has 5 aromatic rings. The van der Waals surface area contributed by atoms with Gasteiger partial charge < -0.3 is 15.7 Å². The molecule has 158 valence electrons. The normalized spacial score (nSPS) is 12.0. The fraction of sp³-hybridized carbons (Fsp3) is 0.0769. The van der Waals surface area contributed by atoms with Gasteiger partial charge in [-0.05, 0) is 23.8 Å². The zero-order chi connectivity index (χ0) is 21.9. The molecule has 2 heterocycles. The number of benzene rings is 3. The summed E-state index contributed by atoms with van der Waals surface area (Å²) in [5.74, 6) is 0.678. The summed E-state index contributed by atoms with van der Waals surface area (Å²) >= 11 is 0. The minimum Gasteiger partial charge on any atom is -0.361 e. The number of nitrogens with two attached hydrogens (primary N) is 1. The van der Waals surface area contributed by atoms with Gasteiger partial charge in [0.2, 0.25) is 0 Å². The van der Waals surface area contributed by atoms with Gasteiger partial charge in [0.05, 0.1) is 5.69 Å². The van der Waals surface area contributed by atoms with Crippen molar-refractivity contribution in [3.8, 4) is 11.3 Å². The summed E-state index contributed by atoms with van der Waals surface area (Å²) in [5, 5.41) is 1.12. The van der Waals surface area contributed by atoms with Gasteiger partial charge in [-0.1, -0.05) is 66.7 Å². The van der Waals surface area contributed by atoms with E-state index in [1.54, 1.807) is 4.90 Å². The maximum Gasteiger partial charge on any atom is 0.319 e. The number of anilines is 1. The van der Waals surface area contributed by atoms with Crippen LogP contribution in [0.2, 0.25) is 0 Å². The number of primary amides is 1. The second-order valence-electron chi connectivity index (χ2n) is 7.66. The molecule has 2 amide bonds. The number of rotatable bonds is 6. The first-order valence-corrected chi connectivity index (χ1v) is 10.5. The molecule has 5 rings (SSSR count). The van der Waals surface area contributed by atoms with Crippen molar-refractivity contribution >= 4 is 22.6 Å². The molecule has 0 bridgehead atoms. The van der Waals surface area contributed by atoms with Gasteiger partial charge in [0, 0.05) is 41.0 Å². The van der Waals surface area contributed by atoms with Crippen LogP contribution in [0.25, 0.3) is 22.2 Å². The maximum atomic E-state index is 12.7. The Bertz CT molecular complexity index is 1340. The Labute approximate surface area is 185 Å². The molecule has 0 spiro atoms. The van der Waals surface area contributed by atoms with Crippen molar-refractivity contribution in [2.45, 2.75) is 12.5 Å². The Morgan fingerprint density at radius 2 is 1.56 bits per heavy atom. The summed E-state index contributed by atoms with van der Waals surface area (Å²) in [6.07, 6.45) is 4.41. The quantitative estimate of drug-likeness (QED) is 0.341. The highest BCUT2D eigenvalue weighted by Gasteiger charge is 2.29. The van der Waals surface area contributed by atoms with Crippen LogP contribution in [0, 0.1) is 0 Å². The number of para-hydroxylation sites is 2. The molecular weight excluding hydrogens is 398 g/mol. The summed E-state index contributed by atoms with van der Waals surface area (Å²) in [6, 6.07) is 26.6. The molecule has 0 radical (unpaired) electrons. The molecule has 0 saturated carbocycles. The van der Waals surface area contributed by atoms with Crippen LogP contribution in [0.5, 0.6) is 0 Å². The fourth-order valence-corrected chi connectivity index (χ4v) is 4.13. The van der Waals surface area contributed by atoms with Gasteiger partial charge in [-0.25, -0.2) is 9.78 Å². The lowest BCUT2D eigenvalue weighted by atomic mass is 10.0. The van der Waals surface area contributed by atoms with E-state index in [1.165, 1.54) is 0 Å². The number of H-pyrrole nitrogens is 2. The van der Waals surface area contributed by atoms with Crippen molar-refractivity contribution in [2.24, 2.45) is 5.73 Å². The van der Waals surface area contributed by atoms with Gasteiger partial charge in [0.25, 0.3) is 0 Å². The predicted octanol–water partition coefficient (Wildman–Crippen LogP) is 5.43. The van der Waals surface area contributed by atoms with Crippen molar-refractivity contribution in [1.82, 2.24) is 15.0 Å². The molecule has 4 N–H and O–H groups in total. The van der Waals surface area contributed by atoms with E-state index in [2.05, 4.69) is 16.0 Å². The van der Waals surface area contributed by atoms with Crippen LogP contribution in [0.15, 0.2) is 97.3 Å². The number of nitrogens with one attached hydrogen (secondary N) is 2. The Morgan fingerprint density at radius 3 is 2.31 bits per heavy atom. The van der Waals surface area contributed by atoms with Gasteiger partial charge in [-0.15, -0.1) is 0 Å².